The number of halogens is 1. The number of carbonyl (C=O) groups is 2. The predicted octanol–water partition coefficient (Wildman–Crippen LogP) is 2.23. The van der Waals surface area contributed by atoms with E-state index in [2.05, 4.69) is 5.32 Å². The van der Waals surface area contributed by atoms with Crippen LogP contribution in [0, 0.1) is 5.82 Å². The smallest absolute Gasteiger partial charge is 0.254 e. The molecule has 0 spiro atoms. The summed E-state index contributed by atoms with van der Waals surface area (Å²) in [4.78, 5) is 25.7. The van der Waals surface area contributed by atoms with Gasteiger partial charge in [0.25, 0.3) is 5.91 Å². The number of carbonyl (C=O) groups excluding carboxylic acids is 2. The molecule has 0 unspecified atom stereocenters. The number of hydrogen-bond acceptors (Lipinski definition) is 4. The van der Waals surface area contributed by atoms with Crippen LogP contribution in [0.5, 0.6) is 11.5 Å². The monoisotopic (exact) mass is 360 g/mol. The fourth-order valence-corrected chi connectivity index (χ4v) is 2.45. The highest BCUT2D eigenvalue weighted by molar-refractivity contribution is 5.96. The molecule has 2 rings (SSSR count). The molecule has 0 saturated carbocycles. The molecule has 26 heavy (non-hydrogen) atoms. The van der Waals surface area contributed by atoms with Crippen molar-refractivity contribution in [1.29, 1.82) is 0 Å². The van der Waals surface area contributed by atoms with Crippen LogP contribution < -0.4 is 14.8 Å². The largest absolute Gasteiger partial charge is 0.493 e. The van der Waals surface area contributed by atoms with Crippen molar-refractivity contribution in [3.05, 3.63) is 59.4 Å². The third-order valence-corrected chi connectivity index (χ3v) is 3.84. The Balaban J connectivity index is 1.98. The topological polar surface area (TPSA) is 67.9 Å². The van der Waals surface area contributed by atoms with E-state index in [1.54, 1.807) is 25.2 Å². The molecule has 1 N–H and O–H groups in total. The number of rotatable bonds is 7. The number of ether oxygens (including phenoxy) is 2. The fourth-order valence-electron chi connectivity index (χ4n) is 2.45. The number of para-hydroxylation sites is 1. The van der Waals surface area contributed by atoms with Crippen LogP contribution >= 0.6 is 0 Å². The number of hydrogen-bond donors (Lipinski definition) is 1. The first-order valence-electron chi connectivity index (χ1n) is 7.94. The molecule has 0 aliphatic heterocycles. The molecule has 7 heteroatoms. The van der Waals surface area contributed by atoms with Crippen molar-refractivity contribution in [3.63, 3.8) is 0 Å². The van der Waals surface area contributed by atoms with E-state index < -0.39 is 11.7 Å². The van der Waals surface area contributed by atoms with Gasteiger partial charge in [0, 0.05) is 19.2 Å². The highest BCUT2D eigenvalue weighted by Gasteiger charge is 2.17. The number of amides is 2. The van der Waals surface area contributed by atoms with Crippen molar-refractivity contribution in [1.82, 2.24) is 10.2 Å². The highest BCUT2D eigenvalue weighted by atomic mass is 19.1. The lowest BCUT2D eigenvalue weighted by Gasteiger charge is -2.20. The van der Waals surface area contributed by atoms with Crippen LogP contribution in [0.1, 0.15) is 15.9 Å². The first kappa shape index (κ1) is 19.2. The summed E-state index contributed by atoms with van der Waals surface area (Å²) in [6.07, 6.45) is 0. The van der Waals surface area contributed by atoms with Gasteiger partial charge in [-0.3, -0.25) is 9.59 Å². The molecule has 2 aromatic rings. The molecule has 2 amide bonds. The van der Waals surface area contributed by atoms with E-state index in [9.17, 15) is 14.0 Å². The molecule has 6 nitrogen and oxygen atoms in total. The van der Waals surface area contributed by atoms with Gasteiger partial charge in [-0.15, -0.1) is 0 Å². The number of methoxy groups -OCH3 is 2. The van der Waals surface area contributed by atoms with Gasteiger partial charge in [0.2, 0.25) is 5.91 Å². The summed E-state index contributed by atoms with van der Waals surface area (Å²) in [7, 11) is 4.67. The van der Waals surface area contributed by atoms with Crippen molar-refractivity contribution in [3.8, 4) is 11.5 Å². The van der Waals surface area contributed by atoms with Gasteiger partial charge in [0.15, 0.2) is 11.5 Å². The van der Waals surface area contributed by atoms with Gasteiger partial charge in [-0.25, -0.2) is 4.39 Å². The van der Waals surface area contributed by atoms with E-state index in [0.717, 1.165) is 5.56 Å². The van der Waals surface area contributed by atoms with Crippen LogP contribution in [0.25, 0.3) is 0 Å². The zero-order valence-corrected chi connectivity index (χ0v) is 14.9. The molecule has 0 aliphatic carbocycles. The molecule has 0 heterocycles. The third-order valence-electron chi connectivity index (χ3n) is 3.84. The molecule has 0 aliphatic rings. The second kappa shape index (κ2) is 8.84. The van der Waals surface area contributed by atoms with Crippen LogP contribution in [0.2, 0.25) is 0 Å². The Morgan fingerprint density at radius 2 is 1.81 bits per heavy atom. The van der Waals surface area contributed by atoms with Crippen molar-refractivity contribution in [2.45, 2.75) is 6.54 Å². The minimum atomic E-state index is -0.635. The third kappa shape index (κ3) is 4.50. The first-order chi connectivity index (χ1) is 12.5. The van der Waals surface area contributed by atoms with Gasteiger partial charge in [-0.2, -0.15) is 0 Å². The predicted molar refractivity (Wildman–Crippen MR) is 94.8 cm³/mol. The molecule has 0 saturated heterocycles. The second-order valence-corrected chi connectivity index (χ2v) is 5.56. The Bertz CT molecular complexity index is 795. The van der Waals surface area contributed by atoms with Gasteiger partial charge >= 0.3 is 0 Å². The lowest BCUT2D eigenvalue weighted by molar-refractivity contribution is -0.129. The molecular weight excluding hydrogens is 339 g/mol. The Labute approximate surface area is 151 Å². The average Bonchev–Trinajstić information content (AvgIpc) is 2.65. The van der Waals surface area contributed by atoms with Crippen LogP contribution in [-0.4, -0.2) is 44.5 Å². The number of nitrogens with zero attached hydrogens (tertiary/aromatic N) is 1. The minimum absolute atomic E-state index is 0.0996. The quantitative estimate of drug-likeness (QED) is 0.822. The van der Waals surface area contributed by atoms with Gasteiger partial charge < -0.3 is 19.7 Å². The van der Waals surface area contributed by atoms with E-state index in [0.29, 0.717) is 11.5 Å². The van der Waals surface area contributed by atoms with Crippen LogP contribution in [0.3, 0.4) is 0 Å². The Hall–Kier alpha value is -3.09. The fraction of sp³-hybridized carbons (Fsp3) is 0.263. The normalized spacial score (nSPS) is 10.2. The summed E-state index contributed by atoms with van der Waals surface area (Å²) >= 11 is 0. The number of likely N-dealkylation sites (N-methyl/N-ethyl adjacent to an activating group) is 1. The summed E-state index contributed by atoms with van der Waals surface area (Å²) < 4.78 is 24.2. The molecule has 138 valence electrons. The SMILES string of the molecule is COc1cccc(CN(C)C(=O)CNC(=O)c2ccccc2F)c1OC. The van der Waals surface area contributed by atoms with E-state index in [1.807, 2.05) is 6.07 Å². The molecule has 0 radical (unpaired) electrons. The molecule has 2 aromatic carbocycles. The second-order valence-electron chi connectivity index (χ2n) is 5.56. The maximum absolute atomic E-state index is 13.6. The Morgan fingerprint density at radius 1 is 1.08 bits per heavy atom. The van der Waals surface area contributed by atoms with E-state index in [-0.39, 0.29) is 24.6 Å². The maximum atomic E-state index is 13.6. The molecule has 0 aromatic heterocycles. The summed E-state index contributed by atoms with van der Waals surface area (Å²) in [6.45, 7) is 0.0325. The molecular formula is C19H21FN2O4. The lowest BCUT2D eigenvalue weighted by Crippen LogP contribution is -2.38. The maximum Gasteiger partial charge on any atom is 0.254 e. The van der Waals surface area contributed by atoms with E-state index >= 15 is 0 Å². The van der Waals surface area contributed by atoms with Gasteiger partial charge in [0.05, 0.1) is 26.3 Å². The zero-order chi connectivity index (χ0) is 19.1. The molecule has 0 atom stereocenters. The Morgan fingerprint density at radius 3 is 2.46 bits per heavy atom. The van der Waals surface area contributed by atoms with E-state index in [4.69, 9.17) is 9.47 Å². The van der Waals surface area contributed by atoms with Crippen molar-refractivity contribution in [2.75, 3.05) is 27.8 Å². The van der Waals surface area contributed by atoms with Crippen molar-refractivity contribution in [2.24, 2.45) is 0 Å². The lowest BCUT2D eigenvalue weighted by atomic mass is 10.1. The van der Waals surface area contributed by atoms with Crippen LogP contribution in [0.15, 0.2) is 42.5 Å². The summed E-state index contributed by atoms with van der Waals surface area (Å²) in [5, 5.41) is 2.43. The van der Waals surface area contributed by atoms with E-state index in [1.165, 1.54) is 37.3 Å². The number of nitrogens with one attached hydrogen (secondary N) is 1. The zero-order valence-electron chi connectivity index (χ0n) is 14.9. The Kier molecular flexibility index (Phi) is 6.54. The number of benzene rings is 2. The summed E-state index contributed by atoms with van der Waals surface area (Å²) in [5.41, 5.74) is 0.667. The van der Waals surface area contributed by atoms with Crippen LogP contribution in [-0.2, 0) is 11.3 Å². The standard InChI is InChI=1S/C19H21FN2O4/c1-22(12-13-7-6-10-16(25-2)18(13)26-3)17(23)11-21-19(24)14-8-4-5-9-15(14)20/h4-10H,11-12H2,1-3H3,(H,21,24). The molecule has 0 bridgehead atoms. The van der Waals surface area contributed by atoms with Gasteiger partial charge in [-0.05, 0) is 18.2 Å². The summed E-state index contributed by atoms with van der Waals surface area (Å²) in [6, 6.07) is 11.0. The molecule has 0 fully saturated rings. The van der Waals surface area contributed by atoms with Gasteiger partial charge in [-0.1, -0.05) is 24.3 Å². The first-order valence-corrected chi connectivity index (χ1v) is 7.94. The van der Waals surface area contributed by atoms with Gasteiger partial charge in [0.1, 0.15) is 5.82 Å². The van der Waals surface area contributed by atoms with Crippen molar-refractivity contribution >= 4 is 11.8 Å². The summed E-state index contributed by atoms with van der Waals surface area (Å²) in [5.74, 6) is -0.473. The minimum Gasteiger partial charge on any atom is -0.493 e. The van der Waals surface area contributed by atoms with Crippen LogP contribution in [0.4, 0.5) is 4.39 Å². The average molecular weight is 360 g/mol. The highest BCUT2D eigenvalue weighted by Crippen LogP contribution is 2.31. The van der Waals surface area contributed by atoms with Crippen molar-refractivity contribution < 1.29 is 23.5 Å².